The third kappa shape index (κ3) is 7.77. The molecule has 36 heavy (non-hydrogen) atoms. The molecule has 1 aliphatic heterocycles. The Hall–Kier alpha value is -3.47. The van der Waals surface area contributed by atoms with Crippen molar-refractivity contribution in [2.75, 3.05) is 26.6 Å². The van der Waals surface area contributed by atoms with Crippen molar-refractivity contribution < 1.29 is 46.8 Å². The average Bonchev–Trinajstić information content (AvgIpc) is 2.83. The lowest BCUT2D eigenvalue weighted by molar-refractivity contribution is -0.164. The number of benzene rings is 1. The van der Waals surface area contributed by atoms with Crippen LogP contribution in [0.4, 0.5) is 8.78 Å². The number of ether oxygens (including phenoxy) is 5. The number of halogens is 2. The number of carbonyl (C=O) groups is 3. The van der Waals surface area contributed by atoms with E-state index >= 15 is 0 Å². The molecule has 0 radical (unpaired) electrons. The zero-order chi connectivity index (χ0) is 26.7. The van der Waals surface area contributed by atoms with Gasteiger partial charge >= 0.3 is 24.5 Å². The second-order valence-electron chi connectivity index (χ2n) is 7.72. The van der Waals surface area contributed by atoms with Gasteiger partial charge in [-0.15, -0.1) is 0 Å². The Morgan fingerprint density at radius 3 is 2.17 bits per heavy atom. The molecule has 1 N–H and O–H groups in total. The van der Waals surface area contributed by atoms with Gasteiger partial charge in [0.05, 0.1) is 23.7 Å². The molecular weight excluding hydrogens is 480 g/mol. The molecule has 1 unspecified atom stereocenters. The minimum Gasteiger partial charge on any atom is -0.460 e. The number of dihydropyridines is 1. The summed E-state index contributed by atoms with van der Waals surface area (Å²) in [6.45, 7) is 3.52. The van der Waals surface area contributed by atoms with Gasteiger partial charge in [-0.25, -0.2) is 9.59 Å². The number of rotatable bonds is 13. The van der Waals surface area contributed by atoms with Crippen LogP contribution in [0, 0.1) is 0 Å². The van der Waals surface area contributed by atoms with Crippen molar-refractivity contribution in [2.45, 2.75) is 53.1 Å². The summed E-state index contributed by atoms with van der Waals surface area (Å²) in [6.07, 6.45) is 0.885. The summed E-state index contributed by atoms with van der Waals surface area (Å²) in [6, 6.07) is 5.83. The van der Waals surface area contributed by atoms with Gasteiger partial charge in [-0.3, -0.25) is 4.79 Å². The van der Waals surface area contributed by atoms with Gasteiger partial charge in [-0.05, 0) is 26.3 Å². The molecule has 2 rings (SSSR count). The molecule has 0 aromatic heterocycles. The van der Waals surface area contributed by atoms with Gasteiger partial charge in [0.2, 0.25) is 6.79 Å². The van der Waals surface area contributed by atoms with Crippen LogP contribution in [0.25, 0.3) is 0 Å². The fourth-order valence-corrected chi connectivity index (χ4v) is 3.61. The van der Waals surface area contributed by atoms with Crippen LogP contribution in [0.3, 0.4) is 0 Å². The second kappa shape index (κ2) is 14.2. The van der Waals surface area contributed by atoms with Gasteiger partial charge < -0.3 is 29.0 Å². The van der Waals surface area contributed by atoms with Crippen LogP contribution in [0.15, 0.2) is 46.8 Å². The Labute approximate surface area is 208 Å². The van der Waals surface area contributed by atoms with Crippen LogP contribution in [0.5, 0.6) is 5.75 Å². The van der Waals surface area contributed by atoms with Crippen LogP contribution in [-0.4, -0.2) is 51.1 Å². The molecule has 198 valence electrons. The number of carbonyl (C=O) groups excluding carboxylic acids is 3. The minimum absolute atomic E-state index is 0.0129. The van der Waals surface area contributed by atoms with Crippen LogP contribution in [-0.2, 0) is 33.3 Å². The molecule has 11 heteroatoms. The summed E-state index contributed by atoms with van der Waals surface area (Å²) in [5.41, 5.74) is 0.771. The van der Waals surface area contributed by atoms with E-state index in [2.05, 4.69) is 10.1 Å². The van der Waals surface area contributed by atoms with E-state index in [1.807, 2.05) is 6.92 Å². The Bertz CT molecular complexity index is 1010. The zero-order valence-corrected chi connectivity index (χ0v) is 20.7. The largest absolute Gasteiger partial charge is 0.460 e. The summed E-state index contributed by atoms with van der Waals surface area (Å²) < 4.78 is 51.7. The van der Waals surface area contributed by atoms with Crippen molar-refractivity contribution in [3.8, 4) is 5.75 Å². The van der Waals surface area contributed by atoms with E-state index in [-0.39, 0.29) is 42.1 Å². The van der Waals surface area contributed by atoms with E-state index in [0.29, 0.717) is 18.0 Å². The Morgan fingerprint density at radius 2 is 1.56 bits per heavy atom. The highest BCUT2D eigenvalue weighted by Gasteiger charge is 2.39. The van der Waals surface area contributed by atoms with Crippen molar-refractivity contribution in [2.24, 2.45) is 0 Å². The van der Waals surface area contributed by atoms with Crippen molar-refractivity contribution in [1.29, 1.82) is 0 Å². The fourth-order valence-electron chi connectivity index (χ4n) is 3.61. The average molecular weight is 512 g/mol. The zero-order valence-electron chi connectivity index (χ0n) is 20.7. The molecule has 1 atom stereocenters. The van der Waals surface area contributed by atoms with Crippen molar-refractivity contribution in [3.63, 3.8) is 0 Å². The first-order chi connectivity index (χ1) is 17.2. The van der Waals surface area contributed by atoms with Gasteiger partial charge in [0.15, 0.2) is 0 Å². The first kappa shape index (κ1) is 28.8. The molecule has 1 heterocycles. The third-order valence-corrected chi connectivity index (χ3v) is 5.15. The maximum Gasteiger partial charge on any atom is 0.387 e. The standard InChI is InChI=1S/C25H31F2NO8/c1-5-11-32-12-13-33-23(30)20-15(3)28-16(4)21(24(31)35-14-34-19(29)6-2)22(20)17-9-7-8-10-18(17)36-25(26)27/h7-10,22,25,28H,5-6,11-14H2,1-4H3. The monoisotopic (exact) mass is 511 g/mol. The van der Waals surface area contributed by atoms with Crippen molar-refractivity contribution in [3.05, 3.63) is 52.4 Å². The second-order valence-corrected chi connectivity index (χ2v) is 7.72. The number of alkyl halides is 2. The molecule has 0 aliphatic carbocycles. The molecule has 0 fully saturated rings. The molecule has 0 bridgehead atoms. The lowest BCUT2D eigenvalue weighted by Gasteiger charge is -2.31. The molecule has 0 amide bonds. The molecule has 1 aromatic carbocycles. The molecule has 9 nitrogen and oxygen atoms in total. The van der Waals surface area contributed by atoms with Crippen molar-refractivity contribution >= 4 is 17.9 Å². The smallest absolute Gasteiger partial charge is 0.387 e. The number of hydrogen-bond donors (Lipinski definition) is 1. The first-order valence-electron chi connectivity index (χ1n) is 11.5. The number of esters is 3. The third-order valence-electron chi connectivity index (χ3n) is 5.15. The van der Waals surface area contributed by atoms with Gasteiger partial charge in [-0.1, -0.05) is 32.0 Å². The van der Waals surface area contributed by atoms with E-state index in [0.717, 1.165) is 6.42 Å². The quantitative estimate of drug-likeness (QED) is 0.239. The van der Waals surface area contributed by atoms with Crippen LogP contribution in [0.1, 0.15) is 52.0 Å². The molecule has 1 aromatic rings. The summed E-state index contributed by atoms with van der Waals surface area (Å²) in [5, 5.41) is 2.95. The van der Waals surface area contributed by atoms with Crippen LogP contribution < -0.4 is 10.1 Å². The summed E-state index contributed by atoms with van der Waals surface area (Å²) >= 11 is 0. The van der Waals surface area contributed by atoms with Gasteiger partial charge in [0, 0.05) is 30.0 Å². The van der Waals surface area contributed by atoms with Crippen LogP contribution in [0.2, 0.25) is 0 Å². The number of para-hydroxylation sites is 1. The lowest BCUT2D eigenvalue weighted by atomic mass is 9.80. The fraction of sp³-hybridized carbons (Fsp3) is 0.480. The predicted octanol–water partition coefficient (Wildman–Crippen LogP) is 3.95. The SMILES string of the molecule is CCCOCCOC(=O)C1=C(C)NC(C)=C(C(=O)OCOC(=O)CC)C1c1ccccc1OC(F)F. The van der Waals surface area contributed by atoms with E-state index in [4.69, 9.17) is 18.9 Å². The maximum absolute atomic E-state index is 13.2. The van der Waals surface area contributed by atoms with Crippen LogP contribution >= 0.6 is 0 Å². The Morgan fingerprint density at radius 1 is 0.917 bits per heavy atom. The topological polar surface area (TPSA) is 109 Å². The summed E-state index contributed by atoms with van der Waals surface area (Å²) in [7, 11) is 0. The maximum atomic E-state index is 13.2. The van der Waals surface area contributed by atoms with E-state index < -0.39 is 37.2 Å². The highest BCUT2D eigenvalue weighted by atomic mass is 19.3. The van der Waals surface area contributed by atoms with Gasteiger partial charge in [0.1, 0.15) is 12.4 Å². The lowest BCUT2D eigenvalue weighted by Crippen LogP contribution is -2.33. The molecule has 0 saturated carbocycles. The number of allylic oxidation sites excluding steroid dienone is 2. The van der Waals surface area contributed by atoms with E-state index in [1.54, 1.807) is 26.8 Å². The van der Waals surface area contributed by atoms with Gasteiger partial charge in [-0.2, -0.15) is 8.78 Å². The van der Waals surface area contributed by atoms with E-state index in [1.165, 1.54) is 18.2 Å². The minimum atomic E-state index is -3.14. The predicted molar refractivity (Wildman–Crippen MR) is 124 cm³/mol. The molecular formula is C25H31F2NO8. The van der Waals surface area contributed by atoms with Gasteiger partial charge in [0.25, 0.3) is 0 Å². The Kier molecular flexibility index (Phi) is 11.3. The number of hydrogen-bond acceptors (Lipinski definition) is 9. The summed E-state index contributed by atoms with van der Waals surface area (Å²) in [4.78, 5) is 37.7. The Balaban J connectivity index is 2.46. The first-order valence-corrected chi connectivity index (χ1v) is 11.5. The summed E-state index contributed by atoms with van der Waals surface area (Å²) in [5.74, 6) is -3.65. The normalized spacial score (nSPS) is 15.5. The highest BCUT2D eigenvalue weighted by molar-refractivity contribution is 6.00. The number of nitrogens with one attached hydrogen (secondary N) is 1. The van der Waals surface area contributed by atoms with Crippen molar-refractivity contribution in [1.82, 2.24) is 5.32 Å². The van der Waals surface area contributed by atoms with E-state index in [9.17, 15) is 23.2 Å². The highest BCUT2D eigenvalue weighted by Crippen LogP contribution is 2.43. The molecule has 1 aliphatic rings. The molecule has 0 spiro atoms. The molecule has 0 saturated heterocycles.